The van der Waals surface area contributed by atoms with E-state index in [2.05, 4.69) is 21.2 Å². The van der Waals surface area contributed by atoms with E-state index < -0.39 is 5.97 Å². The highest BCUT2D eigenvalue weighted by molar-refractivity contribution is 9.10. The highest BCUT2D eigenvalue weighted by Gasteiger charge is 2.21. The van der Waals surface area contributed by atoms with Gasteiger partial charge in [0.25, 0.3) is 0 Å². The van der Waals surface area contributed by atoms with Crippen molar-refractivity contribution in [1.82, 2.24) is 5.32 Å². The molecule has 0 bridgehead atoms. The van der Waals surface area contributed by atoms with Gasteiger partial charge >= 0.3 is 5.97 Å². The summed E-state index contributed by atoms with van der Waals surface area (Å²) in [6, 6.07) is 7.93. The van der Waals surface area contributed by atoms with Crippen molar-refractivity contribution in [3.63, 3.8) is 0 Å². The third kappa shape index (κ3) is 5.42. The zero-order valence-corrected chi connectivity index (χ0v) is 12.7. The number of benzene rings is 1. The van der Waals surface area contributed by atoms with E-state index in [9.17, 15) is 9.59 Å². The molecule has 5 heteroatoms. The van der Waals surface area contributed by atoms with Gasteiger partial charge in [-0.05, 0) is 17.7 Å². The maximum Gasteiger partial charge on any atom is 0.303 e. The summed E-state index contributed by atoms with van der Waals surface area (Å²) in [6.45, 7) is 4.54. The molecule has 0 heterocycles. The fourth-order valence-electron chi connectivity index (χ4n) is 1.64. The Labute approximate surface area is 121 Å². The van der Waals surface area contributed by atoms with Crippen LogP contribution in [0.4, 0.5) is 0 Å². The molecule has 1 aromatic rings. The molecule has 1 rings (SSSR count). The molecule has 0 spiro atoms. The van der Waals surface area contributed by atoms with Crippen LogP contribution in [0.15, 0.2) is 28.7 Å². The topological polar surface area (TPSA) is 66.4 Å². The molecule has 1 aromatic carbocycles. The number of hydrogen-bond acceptors (Lipinski definition) is 2. The summed E-state index contributed by atoms with van der Waals surface area (Å²) in [6.07, 6.45) is -0.118. The van der Waals surface area contributed by atoms with Gasteiger partial charge in [0.2, 0.25) is 5.91 Å². The van der Waals surface area contributed by atoms with Gasteiger partial charge in [-0.3, -0.25) is 9.59 Å². The van der Waals surface area contributed by atoms with Gasteiger partial charge in [0, 0.05) is 22.9 Å². The van der Waals surface area contributed by atoms with Gasteiger partial charge in [0.05, 0.1) is 6.42 Å². The Kier molecular flexibility index (Phi) is 5.54. The lowest BCUT2D eigenvalue weighted by molar-refractivity contribution is -0.138. The highest BCUT2D eigenvalue weighted by Crippen LogP contribution is 2.25. The molecule has 0 radical (unpaired) electrons. The van der Waals surface area contributed by atoms with Crippen molar-refractivity contribution in [2.45, 2.75) is 32.1 Å². The Balaban J connectivity index is 2.55. The fraction of sp³-hybridized carbons (Fsp3) is 0.429. The normalized spacial score (nSPS) is 11.1. The second-order valence-electron chi connectivity index (χ2n) is 5.06. The van der Waals surface area contributed by atoms with Gasteiger partial charge in [0.1, 0.15) is 0 Å². The first kappa shape index (κ1) is 15.7. The lowest BCUT2D eigenvalue weighted by atomic mass is 9.84. The summed E-state index contributed by atoms with van der Waals surface area (Å²) in [5, 5.41) is 11.3. The number of carboxylic acid groups (broad SMARTS) is 1. The average Bonchev–Trinajstić information content (AvgIpc) is 2.34. The molecule has 0 saturated heterocycles. The van der Waals surface area contributed by atoms with Crippen molar-refractivity contribution in [2.24, 2.45) is 0 Å². The largest absolute Gasteiger partial charge is 0.481 e. The summed E-state index contributed by atoms with van der Waals surface area (Å²) in [5.41, 5.74) is 0.906. The predicted molar refractivity (Wildman–Crippen MR) is 77.0 cm³/mol. The third-order valence-corrected chi connectivity index (χ3v) is 3.39. The number of hydrogen-bond donors (Lipinski definition) is 2. The molecule has 0 aromatic heterocycles. The Morgan fingerprint density at radius 1 is 1.32 bits per heavy atom. The molecular weight excluding hydrogens is 310 g/mol. The fourth-order valence-corrected chi connectivity index (χ4v) is 2.04. The molecule has 0 aliphatic rings. The molecular formula is C14H18BrNO3. The van der Waals surface area contributed by atoms with Crippen molar-refractivity contribution < 1.29 is 14.7 Å². The van der Waals surface area contributed by atoms with E-state index in [4.69, 9.17) is 5.11 Å². The number of halogens is 1. The minimum atomic E-state index is -0.957. The summed E-state index contributed by atoms with van der Waals surface area (Å²) in [7, 11) is 0. The molecule has 0 unspecified atom stereocenters. The van der Waals surface area contributed by atoms with Gasteiger partial charge in [-0.25, -0.2) is 0 Å². The summed E-state index contributed by atoms with van der Waals surface area (Å²) < 4.78 is 0.996. The number of nitrogens with one attached hydrogen (secondary N) is 1. The molecule has 0 saturated carbocycles. The molecule has 1 amide bonds. The molecule has 0 aliphatic carbocycles. The number of amides is 1. The first-order valence-electron chi connectivity index (χ1n) is 6.06. The third-order valence-electron chi connectivity index (χ3n) is 2.90. The number of carbonyl (C=O) groups is 2. The van der Waals surface area contributed by atoms with E-state index in [-0.39, 0.29) is 24.2 Å². The van der Waals surface area contributed by atoms with E-state index in [0.717, 1.165) is 10.0 Å². The maximum atomic E-state index is 11.5. The van der Waals surface area contributed by atoms with E-state index in [1.807, 2.05) is 38.1 Å². The molecule has 104 valence electrons. The van der Waals surface area contributed by atoms with Gasteiger partial charge in [-0.15, -0.1) is 0 Å². The first-order chi connectivity index (χ1) is 8.81. The first-order valence-corrected chi connectivity index (χ1v) is 6.85. The maximum absolute atomic E-state index is 11.5. The number of carbonyl (C=O) groups excluding carboxylic acids is 1. The van der Waals surface area contributed by atoms with Crippen LogP contribution in [0.2, 0.25) is 0 Å². The number of aliphatic carboxylic acids is 1. The van der Waals surface area contributed by atoms with E-state index in [1.165, 1.54) is 0 Å². The van der Waals surface area contributed by atoms with Crippen molar-refractivity contribution >= 4 is 27.8 Å². The van der Waals surface area contributed by atoms with E-state index >= 15 is 0 Å². The van der Waals surface area contributed by atoms with Crippen LogP contribution < -0.4 is 5.32 Å². The van der Waals surface area contributed by atoms with Crippen LogP contribution in [-0.2, 0) is 15.0 Å². The monoisotopic (exact) mass is 327 g/mol. The Morgan fingerprint density at radius 3 is 2.58 bits per heavy atom. The molecule has 4 nitrogen and oxygen atoms in total. The number of rotatable bonds is 6. The lowest BCUT2D eigenvalue weighted by Crippen LogP contribution is -2.36. The molecule has 19 heavy (non-hydrogen) atoms. The Bertz CT molecular complexity index is 472. The minimum absolute atomic E-state index is 0.0178. The second-order valence-corrected chi connectivity index (χ2v) is 5.98. The van der Waals surface area contributed by atoms with Gasteiger partial charge < -0.3 is 10.4 Å². The Morgan fingerprint density at radius 2 is 2.00 bits per heavy atom. The molecule has 2 N–H and O–H groups in total. The smallest absolute Gasteiger partial charge is 0.303 e. The van der Waals surface area contributed by atoms with Crippen molar-refractivity contribution in [3.8, 4) is 0 Å². The predicted octanol–water partition coefficient (Wildman–Crippen LogP) is 2.71. The summed E-state index contributed by atoms with van der Waals surface area (Å²) in [4.78, 5) is 21.9. The van der Waals surface area contributed by atoms with Crippen LogP contribution in [0.5, 0.6) is 0 Å². The van der Waals surface area contributed by atoms with Crippen molar-refractivity contribution in [3.05, 3.63) is 34.3 Å². The Hall–Kier alpha value is -1.36. The van der Waals surface area contributed by atoms with Crippen LogP contribution in [-0.4, -0.2) is 23.5 Å². The van der Waals surface area contributed by atoms with Crippen LogP contribution in [0.25, 0.3) is 0 Å². The average molecular weight is 328 g/mol. The van der Waals surface area contributed by atoms with Crippen molar-refractivity contribution in [1.29, 1.82) is 0 Å². The highest BCUT2D eigenvalue weighted by atomic mass is 79.9. The van der Waals surface area contributed by atoms with E-state index in [0.29, 0.717) is 6.54 Å². The number of carboxylic acids is 1. The molecule has 0 atom stereocenters. The SMILES string of the molecule is CC(C)(CNC(=O)CCC(=O)O)c1cccc(Br)c1. The minimum Gasteiger partial charge on any atom is -0.481 e. The zero-order chi connectivity index (χ0) is 14.5. The second kappa shape index (κ2) is 6.70. The van der Waals surface area contributed by atoms with Gasteiger partial charge in [-0.2, -0.15) is 0 Å². The van der Waals surface area contributed by atoms with Gasteiger partial charge in [-0.1, -0.05) is 41.9 Å². The van der Waals surface area contributed by atoms with Crippen LogP contribution >= 0.6 is 15.9 Å². The van der Waals surface area contributed by atoms with Crippen molar-refractivity contribution in [2.75, 3.05) is 6.54 Å². The standard InChI is InChI=1S/C14H18BrNO3/c1-14(2,10-4-3-5-11(15)8-10)9-16-12(17)6-7-13(18)19/h3-5,8H,6-7,9H2,1-2H3,(H,16,17)(H,18,19). The van der Waals surface area contributed by atoms with Gasteiger partial charge in [0.15, 0.2) is 0 Å². The molecule has 0 aliphatic heterocycles. The summed E-state index contributed by atoms with van der Waals surface area (Å²) >= 11 is 3.42. The van der Waals surface area contributed by atoms with E-state index in [1.54, 1.807) is 0 Å². The quantitative estimate of drug-likeness (QED) is 0.844. The summed E-state index contributed by atoms with van der Waals surface area (Å²) in [5.74, 6) is -1.19. The zero-order valence-electron chi connectivity index (χ0n) is 11.1. The lowest BCUT2D eigenvalue weighted by Gasteiger charge is -2.26. The van der Waals surface area contributed by atoms with Crippen LogP contribution in [0, 0.1) is 0 Å². The molecule has 0 fully saturated rings. The van der Waals surface area contributed by atoms with Crippen LogP contribution in [0.3, 0.4) is 0 Å². The van der Waals surface area contributed by atoms with Crippen LogP contribution in [0.1, 0.15) is 32.3 Å².